The quantitative estimate of drug-likeness (QED) is 0.641. The number of aromatic amines is 1. The number of H-pyrrole nitrogens is 1. The van der Waals surface area contributed by atoms with Crippen molar-refractivity contribution < 1.29 is 14.4 Å². The van der Waals surface area contributed by atoms with Crippen molar-refractivity contribution in [1.82, 2.24) is 19.8 Å². The van der Waals surface area contributed by atoms with Crippen LogP contribution in [0.5, 0.6) is 0 Å². The molecule has 2 N–H and O–H groups in total. The predicted octanol–water partition coefficient (Wildman–Crippen LogP) is 2.01. The van der Waals surface area contributed by atoms with Gasteiger partial charge in [0.05, 0.1) is 29.6 Å². The molecule has 0 spiro atoms. The van der Waals surface area contributed by atoms with Gasteiger partial charge in [-0.25, -0.2) is 4.98 Å². The number of nitrogens with zero attached hydrogens (tertiary/aromatic N) is 4. The molecule has 9 heteroatoms. The molecule has 1 fully saturated rings. The molecule has 1 aliphatic heterocycles. The van der Waals surface area contributed by atoms with Gasteiger partial charge >= 0.3 is 0 Å². The number of carbonyl (C=O) groups excluding carboxylic acids is 3. The average Bonchev–Trinajstić information content (AvgIpc) is 3.43. The molecule has 1 saturated heterocycles. The van der Waals surface area contributed by atoms with Gasteiger partial charge in [-0.1, -0.05) is 30.3 Å². The first-order chi connectivity index (χ1) is 15.5. The van der Waals surface area contributed by atoms with Crippen LogP contribution in [0.2, 0.25) is 0 Å². The molecular formula is C23H22N6O3. The average molecular weight is 430 g/mol. The lowest BCUT2D eigenvalue weighted by molar-refractivity contribution is -0.131. The Balaban J connectivity index is 1.39. The highest BCUT2D eigenvalue weighted by atomic mass is 16.2. The highest BCUT2D eigenvalue weighted by Crippen LogP contribution is 2.25. The minimum atomic E-state index is -0.719. The number of aromatic nitrogens is 2. The van der Waals surface area contributed by atoms with Crippen molar-refractivity contribution in [1.29, 1.82) is 5.26 Å². The van der Waals surface area contributed by atoms with Crippen molar-refractivity contribution in [2.45, 2.75) is 12.5 Å². The molecule has 32 heavy (non-hydrogen) atoms. The second kappa shape index (κ2) is 8.89. The number of para-hydroxylation sites is 3. The molecule has 3 aromatic rings. The maximum absolute atomic E-state index is 12.9. The largest absolute Gasteiger partial charge is 0.334 e. The molecule has 1 aliphatic rings. The molecular weight excluding hydrogens is 408 g/mol. The number of hydrogen-bond donors (Lipinski definition) is 2. The van der Waals surface area contributed by atoms with E-state index in [2.05, 4.69) is 21.4 Å². The normalized spacial score (nSPS) is 17.7. The third-order valence-electron chi connectivity index (χ3n) is 5.49. The van der Waals surface area contributed by atoms with Crippen LogP contribution in [0.15, 0.2) is 54.6 Å². The van der Waals surface area contributed by atoms with Crippen LogP contribution in [0.3, 0.4) is 0 Å². The van der Waals surface area contributed by atoms with E-state index in [4.69, 9.17) is 0 Å². The van der Waals surface area contributed by atoms with E-state index in [0.29, 0.717) is 11.2 Å². The topological polar surface area (TPSA) is 122 Å². The van der Waals surface area contributed by atoms with Crippen LogP contribution in [-0.2, 0) is 9.59 Å². The molecule has 0 aliphatic carbocycles. The predicted molar refractivity (Wildman–Crippen MR) is 117 cm³/mol. The van der Waals surface area contributed by atoms with Crippen LogP contribution in [0.4, 0.5) is 5.69 Å². The smallest absolute Gasteiger partial charge is 0.289 e. The van der Waals surface area contributed by atoms with Crippen molar-refractivity contribution in [3.8, 4) is 6.07 Å². The number of carbonyl (C=O) groups is 3. The van der Waals surface area contributed by atoms with Crippen molar-refractivity contribution in [2.75, 3.05) is 25.5 Å². The number of nitriles is 1. The van der Waals surface area contributed by atoms with Gasteiger partial charge in [0.15, 0.2) is 5.82 Å². The third kappa shape index (κ3) is 4.30. The molecule has 2 aromatic carbocycles. The Kier molecular flexibility index (Phi) is 5.85. The van der Waals surface area contributed by atoms with Gasteiger partial charge in [0, 0.05) is 19.3 Å². The SMILES string of the molecule is CN(CC(=O)N1CC(C(=O)Nc2ccccc2)CC1C#N)C(=O)c1nc2ccccc2[nH]1. The summed E-state index contributed by atoms with van der Waals surface area (Å²) in [4.78, 5) is 48.1. The zero-order valence-corrected chi connectivity index (χ0v) is 17.5. The van der Waals surface area contributed by atoms with E-state index in [-0.39, 0.29) is 31.2 Å². The zero-order chi connectivity index (χ0) is 22.7. The van der Waals surface area contributed by atoms with Gasteiger partial charge < -0.3 is 20.1 Å². The van der Waals surface area contributed by atoms with E-state index in [1.54, 1.807) is 18.2 Å². The van der Waals surface area contributed by atoms with Crippen LogP contribution in [0.1, 0.15) is 17.0 Å². The van der Waals surface area contributed by atoms with Gasteiger partial charge in [0.1, 0.15) is 6.04 Å². The summed E-state index contributed by atoms with van der Waals surface area (Å²) in [6.45, 7) is -0.0938. The van der Waals surface area contributed by atoms with E-state index in [1.807, 2.05) is 36.4 Å². The van der Waals surface area contributed by atoms with Crippen LogP contribution in [-0.4, -0.2) is 63.7 Å². The number of rotatable bonds is 5. The maximum Gasteiger partial charge on any atom is 0.289 e. The second-order valence-electron chi connectivity index (χ2n) is 7.74. The van der Waals surface area contributed by atoms with E-state index >= 15 is 0 Å². The summed E-state index contributed by atoms with van der Waals surface area (Å²) < 4.78 is 0. The first-order valence-corrected chi connectivity index (χ1v) is 10.2. The summed E-state index contributed by atoms with van der Waals surface area (Å²) >= 11 is 0. The van der Waals surface area contributed by atoms with E-state index in [0.717, 1.165) is 5.52 Å². The number of likely N-dealkylation sites (tertiary alicyclic amines) is 1. The second-order valence-corrected chi connectivity index (χ2v) is 7.74. The number of benzene rings is 2. The Hall–Kier alpha value is -4.19. The number of imidazole rings is 1. The number of hydrogen-bond acceptors (Lipinski definition) is 5. The zero-order valence-electron chi connectivity index (χ0n) is 17.5. The van der Waals surface area contributed by atoms with Crippen molar-refractivity contribution in [3.63, 3.8) is 0 Å². The minimum Gasteiger partial charge on any atom is -0.334 e. The molecule has 0 bridgehead atoms. The maximum atomic E-state index is 12.9. The molecule has 162 valence electrons. The fourth-order valence-electron chi connectivity index (χ4n) is 3.79. The summed E-state index contributed by atoms with van der Waals surface area (Å²) in [7, 11) is 1.50. The Morgan fingerprint density at radius 2 is 1.91 bits per heavy atom. The molecule has 2 unspecified atom stereocenters. The summed E-state index contributed by atoms with van der Waals surface area (Å²) in [6.07, 6.45) is 0.252. The number of anilines is 1. The van der Waals surface area contributed by atoms with Gasteiger partial charge in [-0.15, -0.1) is 0 Å². The van der Waals surface area contributed by atoms with E-state index in [9.17, 15) is 19.6 Å². The summed E-state index contributed by atoms with van der Waals surface area (Å²) in [5.74, 6) is -1.42. The highest BCUT2D eigenvalue weighted by molar-refractivity contribution is 5.97. The molecule has 4 rings (SSSR count). The standard InChI is InChI=1S/C23H22N6O3/c1-28(23(32)21-26-18-9-5-6-10-19(18)27-21)14-20(30)29-13-15(11-17(29)12-24)22(31)25-16-7-3-2-4-8-16/h2-10,15,17H,11,13-14H2,1H3,(H,25,31)(H,26,27). The summed E-state index contributed by atoms with van der Waals surface area (Å²) in [5.41, 5.74) is 2.05. The molecule has 0 saturated carbocycles. The lowest BCUT2D eigenvalue weighted by atomic mass is 10.1. The number of amides is 3. The van der Waals surface area contributed by atoms with Crippen LogP contribution in [0.25, 0.3) is 11.0 Å². The molecule has 2 heterocycles. The Morgan fingerprint density at radius 1 is 1.19 bits per heavy atom. The highest BCUT2D eigenvalue weighted by Gasteiger charge is 2.39. The first kappa shape index (κ1) is 21.1. The molecule has 1 aromatic heterocycles. The van der Waals surface area contributed by atoms with E-state index < -0.39 is 23.8 Å². The monoisotopic (exact) mass is 430 g/mol. The fraction of sp³-hybridized carbons (Fsp3) is 0.261. The fourth-order valence-corrected chi connectivity index (χ4v) is 3.79. The third-order valence-corrected chi connectivity index (χ3v) is 5.49. The van der Waals surface area contributed by atoms with E-state index in [1.165, 1.54) is 16.8 Å². The summed E-state index contributed by atoms with van der Waals surface area (Å²) in [6, 6.07) is 17.7. The van der Waals surface area contributed by atoms with Gasteiger partial charge in [-0.2, -0.15) is 5.26 Å². The lowest BCUT2D eigenvalue weighted by Crippen LogP contribution is -2.43. The number of likely N-dealkylation sites (N-methyl/N-ethyl adjacent to an activating group) is 1. The van der Waals surface area contributed by atoms with Crippen LogP contribution >= 0.6 is 0 Å². The minimum absolute atomic E-state index is 0.127. The number of nitrogens with one attached hydrogen (secondary N) is 2. The number of fused-ring (bicyclic) bond motifs is 1. The van der Waals surface area contributed by atoms with Crippen molar-refractivity contribution in [3.05, 3.63) is 60.4 Å². The van der Waals surface area contributed by atoms with Crippen LogP contribution < -0.4 is 5.32 Å². The van der Waals surface area contributed by atoms with Gasteiger partial charge in [-0.3, -0.25) is 14.4 Å². The van der Waals surface area contributed by atoms with Gasteiger partial charge in [0.25, 0.3) is 5.91 Å². The lowest BCUT2D eigenvalue weighted by Gasteiger charge is -2.23. The van der Waals surface area contributed by atoms with Crippen LogP contribution in [0, 0.1) is 17.2 Å². The summed E-state index contributed by atoms with van der Waals surface area (Å²) in [5, 5.41) is 12.3. The van der Waals surface area contributed by atoms with Crippen molar-refractivity contribution in [2.24, 2.45) is 5.92 Å². The molecule has 3 amide bonds. The van der Waals surface area contributed by atoms with Crippen molar-refractivity contribution >= 4 is 34.4 Å². The molecule has 0 radical (unpaired) electrons. The van der Waals surface area contributed by atoms with Gasteiger partial charge in [-0.05, 0) is 30.7 Å². The Morgan fingerprint density at radius 3 is 2.62 bits per heavy atom. The Bertz CT molecular complexity index is 1170. The Labute approximate surface area is 184 Å². The molecule has 2 atom stereocenters. The molecule has 9 nitrogen and oxygen atoms in total. The first-order valence-electron chi connectivity index (χ1n) is 10.2. The van der Waals surface area contributed by atoms with Gasteiger partial charge in [0.2, 0.25) is 11.8 Å².